The SMILES string of the molecule is COCCNC(=O)c1sc(OC2=CC=CNC2C)c2c1CCc1cnsc1-2. The number of amides is 1. The van der Waals surface area contributed by atoms with Gasteiger partial charge in [-0.3, -0.25) is 4.79 Å². The Bertz CT molecular complexity index is 913. The Morgan fingerprint density at radius 3 is 3.15 bits per heavy atom. The minimum absolute atomic E-state index is 0.0696. The number of rotatable bonds is 6. The number of nitrogens with one attached hydrogen (secondary N) is 2. The van der Waals surface area contributed by atoms with E-state index in [1.807, 2.05) is 31.5 Å². The molecule has 1 atom stereocenters. The molecule has 1 aliphatic carbocycles. The molecule has 3 heterocycles. The van der Waals surface area contributed by atoms with E-state index in [0.717, 1.165) is 44.5 Å². The average Bonchev–Trinajstić information content (AvgIpc) is 3.28. The van der Waals surface area contributed by atoms with Crippen LogP contribution >= 0.6 is 22.9 Å². The molecule has 0 radical (unpaired) electrons. The first-order valence-corrected chi connectivity index (χ1v) is 10.5. The summed E-state index contributed by atoms with van der Waals surface area (Å²) in [6, 6.07) is 0.0799. The van der Waals surface area contributed by atoms with Crippen LogP contribution < -0.4 is 15.4 Å². The van der Waals surface area contributed by atoms with Crippen LogP contribution in [-0.4, -0.2) is 36.6 Å². The highest BCUT2D eigenvalue weighted by Crippen LogP contribution is 2.49. The van der Waals surface area contributed by atoms with Crippen molar-refractivity contribution in [1.82, 2.24) is 15.0 Å². The van der Waals surface area contributed by atoms with Crippen molar-refractivity contribution in [1.29, 1.82) is 0 Å². The van der Waals surface area contributed by atoms with Gasteiger partial charge in [0.2, 0.25) is 0 Å². The minimum atomic E-state index is -0.0696. The first kappa shape index (κ1) is 18.2. The Morgan fingerprint density at radius 2 is 2.33 bits per heavy atom. The molecule has 2 aromatic rings. The first-order chi connectivity index (χ1) is 13.2. The Balaban J connectivity index is 1.72. The molecule has 1 unspecified atom stereocenters. The Hall–Kier alpha value is -2.16. The van der Waals surface area contributed by atoms with Crippen molar-refractivity contribution in [2.75, 3.05) is 20.3 Å². The lowest BCUT2D eigenvalue weighted by Crippen LogP contribution is -2.27. The molecule has 0 fully saturated rings. The van der Waals surface area contributed by atoms with E-state index in [1.165, 1.54) is 28.4 Å². The summed E-state index contributed by atoms with van der Waals surface area (Å²) >= 11 is 2.88. The molecule has 2 aliphatic rings. The van der Waals surface area contributed by atoms with Gasteiger partial charge >= 0.3 is 0 Å². The third-order valence-electron chi connectivity index (χ3n) is 4.63. The van der Waals surface area contributed by atoms with Crippen LogP contribution in [0.2, 0.25) is 0 Å². The number of nitrogens with zero attached hydrogens (tertiary/aromatic N) is 1. The fraction of sp³-hybridized carbons (Fsp3) is 0.368. The van der Waals surface area contributed by atoms with Gasteiger partial charge in [0.25, 0.3) is 5.91 Å². The summed E-state index contributed by atoms with van der Waals surface area (Å²) in [5.41, 5.74) is 3.32. The van der Waals surface area contributed by atoms with Gasteiger partial charge in [0, 0.05) is 19.9 Å². The number of fused-ring (bicyclic) bond motifs is 3. The second kappa shape index (κ2) is 7.84. The van der Waals surface area contributed by atoms with Crippen molar-refractivity contribution < 1.29 is 14.3 Å². The van der Waals surface area contributed by atoms with E-state index < -0.39 is 0 Å². The van der Waals surface area contributed by atoms with E-state index >= 15 is 0 Å². The van der Waals surface area contributed by atoms with Gasteiger partial charge in [-0.05, 0) is 60.8 Å². The van der Waals surface area contributed by atoms with E-state index in [1.54, 1.807) is 7.11 Å². The van der Waals surface area contributed by atoms with Crippen molar-refractivity contribution in [2.24, 2.45) is 0 Å². The van der Waals surface area contributed by atoms with Gasteiger partial charge in [0.1, 0.15) is 5.76 Å². The fourth-order valence-electron chi connectivity index (χ4n) is 3.22. The van der Waals surface area contributed by atoms with Crippen molar-refractivity contribution >= 4 is 28.8 Å². The number of hydrogen-bond acceptors (Lipinski definition) is 7. The standard InChI is InChI=1S/C19H21N3O3S2/c1-11-14(4-3-7-20-11)25-19-15-13(6-5-12-10-22-27-16(12)15)17(26-19)18(23)21-8-9-24-2/h3-4,7,10-11,20H,5-6,8-9H2,1-2H3,(H,21,23). The molecule has 0 saturated carbocycles. The van der Waals surface area contributed by atoms with Gasteiger partial charge < -0.3 is 20.1 Å². The average molecular weight is 404 g/mol. The summed E-state index contributed by atoms with van der Waals surface area (Å²) in [6.45, 7) is 3.02. The molecular formula is C19H21N3O3S2. The van der Waals surface area contributed by atoms with E-state index in [9.17, 15) is 4.79 Å². The molecule has 27 heavy (non-hydrogen) atoms. The van der Waals surface area contributed by atoms with Gasteiger partial charge in [-0.2, -0.15) is 0 Å². The summed E-state index contributed by atoms with van der Waals surface area (Å²) in [5, 5.41) is 6.94. The van der Waals surface area contributed by atoms with E-state index in [-0.39, 0.29) is 11.9 Å². The van der Waals surface area contributed by atoms with Gasteiger partial charge in [0.05, 0.1) is 28.0 Å². The molecule has 2 N–H and O–H groups in total. The van der Waals surface area contributed by atoms with Crippen molar-refractivity contribution in [2.45, 2.75) is 25.8 Å². The normalized spacial score (nSPS) is 17.6. The highest BCUT2D eigenvalue weighted by Gasteiger charge is 2.31. The maximum absolute atomic E-state index is 12.7. The number of ether oxygens (including phenoxy) is 2. The molecule has 1 aliphatic heterocycles. The topological polar surface area (TPSA) is 72.5 Å². The van der Waals surface area contributed by atoms with Crippen LogP contribution in [0.25, 0.3) is 10.4 Å². The summed E-state index contributed by atoms with van der Waals surface area (Å²) in [6.07, 6.45) is 9.43. The lowest BCUT2D eigenvalue weighted by atomic mass is 9.93. The largest absolute Gasteiger partial charge is 0.448 e. The zero-order valence-corrected chi connectivity index (χ0v) is 16.8. The third-order valence-corrected chi connectivity index (χ3v) is 6.60. The summed E-state index contributed by atoms with van der Waals surface area (Å²) < 4.78 is 15.7. The Morgan fingerprint density at radius 1 is 1.44 bits per heavy atom. The Labute approximate surface area is 166 Å². The van der Waals surface area contributed by atoms with E-state index in [2.05, 4.69) is 15.0 Å². The summed E-state index contributed by atoms with van der Waals surface area (Å²) in [4.78, 5) is 14.6. The Kier molecular flexibility index (Phi) is 5.29. The van der Waals surface area contributed by atoms with Gasteiger partial charge in [-0.15, -0.1) is 0 Å². The number of carbonyl (C=O) groups is 1. The second-order valence-electron chi connectivity index (χ2n) is 6.42. The number of hydrogen-bond donors (Lipinski definition) is 2. The van der Waals surface area contributed by atoms with Crippen molar-refractivity contribution in [3.63, 3.8) is 0 Å². The predicted octanol–water partition coefficient (Wildman–Crippen LogP) is 3.11. The highest BCUT2D eigenvalue weighted by molar-refractivity contribution is 7.17. The fourth-order valence-corrected chi connectivity index (χ4v) is 5.29. The zero-order valence-electron chi connectivity index (χ0n) is 15.2. The molecule has 0 saturated heterocycles. The highest BCUT2D eigenvalue weighted by atomic mass is 32.1. The molecule has 0 spiro atoms. The molecule has 4 rings (SSSR count). The van der Waals surface area contributed by atoms with Crippen LogP contribution in [0.15, 0.2) is 30.3 Å². The number of thiophene rings is 1. The molecule has 0 bridgehead atoms. The molecule has 1 amide bonds. The van der Waals surface area contributed by atoms with Gasteiger partial charge in [0.15, 0.2) is 5.06 Å². The number of aromatic nitrogens is 1. The molecule has 2 aromatic heterocycles. The van der Waals surface area contributed by atoms with Crippen molar-refractivity contribution in [3.8, 4) is 15.5 Å². The minimum Gasteiger partial charge on any atom is -0.448 e. The van der Waals surface area contributed by atoms with Crippen molar-refractivity contribution in [3.05, 3.63) is 46.3 Å². The number of carbonyl (C=O) groups excluding carboxylic acids is 1. The molecular weight excluding hydrogens is 382 g/mol. The maximum Gasteiger partial charge on any atom is 0.261 e. The van der Waals surface area contributed by atoms with Gasteiger partial charge in [-0.25, -0.2) is 4.37 Å². The molecule has 0 aromatic carbocycles. The number of aryl methyl sites for hydroxylation is 1. The van der Waals surface area contributed by atoms with Crippen LogP contribution in [0.3, 0.4) is 0 Å². The third kappa shape index (κ3) is 3.52. The lowest BCUT2D eigenvalue weighted by Gasteiger charge is -2.20. The maximum atomic E-state index is 12.7. The number of allylic oxidation sites excluding steroid dienone is 2. The van der Waals surface area contributed by atoms with Crippen LogP contribution in [0.1, 0.15) is 27.7 Å². The predicted molar refractivity (Wildman–Crippen MR) is 107 cm³/mol. The second-order valence-corrected chi connectivity index (χ2v) is 8.20. The quantitative estimate of drug-likeness (QED) is 0.725. The summed E-state index contributed by atoms with van der Waals surface area (Å²) in [5.74, 6) is 0.768. The van der Waals surface area contributed by atoms with E-state index in [4.69, 9.17) is 9.47 Å². The molecule has 142 valence electrons. The first-order valence-electron chi connectivity index (χ1n) is 8.86. The molecule has 6 nitrogen and oxygen atoms in total. The number of methoxy groups -OCH3 is 1. The van der Waals surface area contributed by atoms with E-state index in [0.29, 0.717) is 13.2 Å². The zero-order chi connectivity index (χ0) is 18.8. The van der Waals surface area contributed by atoms with Crippen LogP contribution in [0.4, 0.5) is 0 Å². The van der Waals surface area contributed by atoms with Gasteiger partial charge in [-0.1, -0.05) is 11.3 Å². The monoisotopic (exact) mass is 403 g/mol. The smallest absolute Gasteiger partial charge is 0.261 e. The lowest BCUT2D eigenvalue weighted by molar-refractivity contribution is 0.0940. The molecule has 8 heteroatoms. The summed E-state index contributed by atoms with van der Waals surface area (Å²) in [7, 11) is 1.62. The van der Waals surface area contributed by atoms with Crippen LogP contribution in [0.5, 0.6) is 5.06 Å². The van der Waals surface area contributed by atoms with Crippen LogP contribution in [-0.2, 0) is 17.6 Å². The number of dihydropyridines is 1. The van der Waals surface area contributed by atoms with Crippen LogP contribution in [0, 0.1) is 0 Å².